The predicted octanol–water partition coefficient (Wildman–Crippen LogP) is 2.18. The highest BCUT2D eigenvalue weighted by Crippen LogP contribution is 2.22. The van der Waals surface area contributed by atoms with E-state index in [2.05, 4.69) is 43.4 Å². The van der Waals surface area contributed by atoms with Crippen LogP contribution in [0, 0.1) is 0 Å². The Balaban J connectivity index is 0. The van der Waals surface area contributed by atoms with Gasteiger partial charge in [0.2, 0.25) is 0 Å². The van der Waals surface area contributed by atoms with Gasteiger partial charge in [-0.15, -0.1) is 0 Å². The Morgan fingerprint density at radius 3 is 1.85 bits per heavy atom. The fourth-order valence-electron chi connectivity index (χ4n) is 2.89. The fraction of sp³-hybridized carbons (Fsp3) is 1.00. The third-order valence-corrected chi connectivity index (χ3v) is 14.6. The van der Waals surface area contributed by atoms with Gasteiger partial charge in [0.15, 0.2) is 17.4 Å². The molecule has 1 atom stereocenters. The Kier molecular flexibility index (Phi) is 19.3. The maximum atomic E-state index is 6.55. The van der Waals surface area contributed by atoms with Crippen LogP contribution < -0.4 is 22.1 Å². The lowest BCUT2D eigenvalue weighted by Crippen LogP contribution is -2.49. The molecule has 0 radical (unpaired) electrons. The third kappa shape index (κ3) is 19.2. The van der Waals surface area contributed by atoms with E-state index < -0.39 is 25.9 Å². The second kappa shape index (κ2) is 17.5. The van der Waals surface area contributed by atoms with Crippen molar-refractivity contribution in [3.8, 4) is 0 Å². The molecular formula is C17H48N4O2Si3. The summed E-state index contributed by atoms with van der Waals surface area (Å²) in [6, 6.07) is 2.37. The normalized spacial score (nSPS) is 13.3. The van der Waals surface area contributed by atoms with Crippen molar-refractivity contribution in [1.82, 2.24) is 10.6 Å². The van der Waals surface area contributed by atoms with E-state index in [-0.39, 0.29) is 0 Å². The van der Waals surface area contributed by atoms with E-state index in [0.29, 0.717) is 13.1 Å². The average molecular weight is 425 g/mol. The standard InChI is InChI=1S/C15H42N4O2Si3.C2H6/c1-22(14-6-10-18-12-8-16)20-24(4,5)21-23(2,3)15-7-11-19-13-9-17;1-2/h18-19,22H,6-17H2,1-5H3;1-2H3. The first-order valence-corrected chi connectivity index (χ1v) is 18.8. The summed E-state index contributed by atoms with van der Waals surface area (Å²) in [6.07, 6.45) is 2.33. The highest BCUT2D eigenvalue weighted by Gasteiger charge is 2.35. The van der Waals surface area contributed by atoms with Crippen molar-refractivity contribution in [1.29, 1.82) is 0 Å². The SMILES string of the molecule is CC.C[SiH](CCCNCCN)O[Si](C)(C)O[Si](C)(C)CCCNCCN. The van der Waals surface area contributed by atoms with Crippen molar-refractivity contribution in [3.63, 3.8) is 0 Å². The van der Waals surface area contributed by atoms with Crippen LogP contribution >= 0.6 is 0 Å². The minimum absolute atomic E-state index is 0.704. The molecule has 0 rings (SSSR count). The van der Waals surface area contributed by atoms with Crippen LogP contribution in [0.15, 0.2) is 0 Å². The molecule has 0 saturated heterocycles. The molecule has 0 saturated carbocycles. The van der Waals surface area contributed by atoms with Crippen LogP contribution in [0.5, 0.6) is 0 Å². The quantitative estimate of drug-likeness (QED) is 0.224. The Morgan fingerprint density at radius 2 is 1.35 bits per heavy atom. The molecule has 0 aromatic heterocycles. The monoisotopic (exact) mass is 424 g/mol. The molecule has 6 nitrogen and oxygen atoms in total. The largest absolute Gasteiger partial charge is 0.439 e. The second-order valence-electron chi connectivity index (χ2n) is 7.51. The highest BCUT2D eigenvalue weighted by molar-refractivity contribution is 6.84. The molecule has 0 fully saturated rings. The molecule has 0 aromatic rings. The summed E-state index contributed by atoms with van der Waals surface area (Å²) in [5, 5.41) is 6.70. The first-order valence-electron chi connectivity index (χ1n) is 10.4. The molecule has 0 spiro atoms. The van der Waals surface area contributed by atoms with Gasteiger partial charge >= 0.3 is 8.56 Å². The molecule has 0 bridgehead atoms. The summed E-state index contributed by atoms with van der Waals surface area (Å²) in [4.78, 5) is 0. The minimum Gasteiger partial charge on any atom is -0.439 e. The third-order valence-electron chi connectivity index (χ3n) is 3.75. The maximum Gasteiger partial charge on any atom is 0.310 e. The summed E-state index contributed by atoms with van der Waals surface area (Å²) in [7, 11) is -4.81. The van der Waals surface area contributed by atoms with Crippen molar-refractivity contribution in [3.05, 3.63) is 0 Å². The Morgan fingerprint density at radius 1 is 0.846 bits per heavy atom. The molecule has 9 heteroatoms. The van der Waals surface area contributed by atoms with E-state index in [1.54, 1.807) is 0 Å². The average Bonchev–Trinajstić information content (AvgIpc) is 2.54. The van der Waals surface area contributed by atoms with E-state index in [9.17, 15) is 0 Å². The highest BCUT2D eigenvalue weighted by atomic mass is 28.5. The summed E-state index contributed by atoms with van der Waals surface area (Å²) < 4.78 is 13.0. The van der Waals surface area contributed by atoms with Gasteiger partial charge < -0.3 is 30.3 Å². The van der Waals surface area contributed by atoms with Crippen molar-refractivity contribution in [2.24, 2.45) is 11.5 Å². The fourth-order valence-corrected chi connectivity index (χ4v) is 15.4. The lowest BCUT2D eigenvalue weighted by molar-refractivity contribution is 0.396. The van der Waals surface area contributed by atoms with Gasteiger partial charge in [0.05, 0.1) is 0 Å². The van der Waals surface area contributed by atoms with Gasteiger partial charge in [0, 0.05) is 26.2 Å². The number of nitrogens with two attached hydrogens (primary N) is 2. The lowest BCUT2D eigenvalue weighted by Gasteiger charge is -2.35. The van der Waals surface area contributed by atoms with E-state index >= 15 is 0 Å². The number of nitrogens with one attached hydrogen (secondary N) is 2. The van der Waals surface area contributed by atoms with Crippen molar-refractivity contribution in [2.75, 3.05) is 39.3 Å². The van der Waals surface area contributed by atoms with Gasteiger partial charge in [-0.05, 0) is 70.8 Å². The molecule has 1 unspecified atom stereocenters. The van der Waals surface area contributed by atoms with Crippen LogP contribution in [0.4, 0.5) is 0 Å². The molecule has 0 aromatic carbocycles. The Labute approximate surface area is 167 Å². The minimum atomic E-state index is -2.01. The first-order chi connectivity index (χ1) is 12.2. The van der Waals surface area contributed by atoms with Crippen LogP contribution in [-0.4, -0.2) is 65.2 Å². The molecular weight excluding hydrogens is 376 g/mol. The number of hydrogen-bond acceptors (Lipinski definition) is 6. The summed E-state index contributed by atoms with van der Waals surface area (Å²) in [6.45, 7) is 20.6. The van der Waals surface area contributed by atoms with E-state index in [4.69, 9.17) is 19.7 Å². The number of hydrogen-bond donors (Lipinski definition) is 4. The van der Waals surface area contributed by atoms with E-state index in [1.165, 1.54) is 18.5 Å². The zero-order valence-electron chi connectivity index (χ0n) is 18.6. The Hall–Kier alpha value is 0.411. The van der Waals surface area contributed by atoms with Gasteiger partial charge in [-0.2, -0.15) is 0 Å². The summed E-state index contributed by atoms with van der Waals surface area (Å²) >= 11 is 0. The van der Waals surface area contributed by atoms with E-state index in [0.717, 1.165) is 32.6 Å². The number of rotatable bonds is 16. The second-order valence-corrected chi connectivity index (χ2v) is 18.3. The van der Waals surface area contributed by atoms with Gasteiger partial charge in [-0.25, -0.2) is 0 Å². The topological polar surface area (TPSA) is 94.6 Å². The molecule has 0 aliphatic rings. The molecule has 26 heavy (non-hydrogen) atoms. The summed E-state index contributed by atoms with van der Waals surface area (Å²) in [5.74, 6) is 0. The molecule has 0 aliphatic heterocycles. The van der Waals surface area contributed by atoms with Crippen LogP contribution in [0.1, 0.15) is 26.7 Å². The van der Waals surface area contributed by atoms with Crippen molar-refractivity contribution in [2.45, 2.75) is 71.5 Å². The molecule has 160 valence electrons. The van der Waals surface area contributed by atoms with Gasteiger partial charge in [0.1, 0.15) is 0 Å². The van der Waals surface area contributed by atoms with E-state index in [1.807, 2.05) is 13.8 Å². The lowest BCUT2D eigenvalue weighted by atomic mass is 10.5. The summed E-state index contributed by atoms with van der Waals surface area (Å²) in [5.41, 5.74) is 11.0. The maximum absolute atomic E-state index is 6.55. The molecule has 6 N–H and O–H groups in total. The van der Waals surface area contributed by atoms with Crippen LogP contribution in [0.25, 0.3) is 0 Å². The van der Waals surface area contributed by atoms with Crippen molar-refractivity contribution >= 4 is 25.9 Å². The smallest absolute Gasteiger partial charge is 0.310 e. The van der Waals surface area contributed by atoms with Crippen LogP contribution in [0.3, 0.4) is 0 Å². The molecule has 0 amide bonds. The van der Waals surface area contributed by atoms with Gasteiger partial charge in [-0.3, -0.25) is 0 Å². The zero-order valence-corrected chi connectivity index (χ0v) is 21.8. The molecule has 0 heterocycles. The van der Waals surface area contributed by atoms with Crippen molar-refractivity contribution < 1.29 is 8.23 Å². The van der Waals surface area contributed by atoms with Gasteiger partial charge in [0.25, 0.3) is 0 Å². The Bertz CT molecular complexity index is 312. The molecule has 0 aliphatic carbocycles. The van der Waals surface area contributed by atoms with Crippen LogP contribution in [0.2, 0.25) is 44.8 Å². The van der Waals surface area contributed by atoms with Crippen LogP contribution in [-0.2, 0) is 8.23 Å². The first kappa shape index (κ1) is 28.6. The predicted molar refractivity (Wildman–Crippen MR) is 124 cm³/mol. The van der Waals surface area contributed by atoms with Gasteiger partial charge in [-0.1, -0.05) is 13.8 Å². The zero-order chi connectivity index (χ0) is 20.5.